The van der Waals surface area contributed by atoms with Crippen LogP contribution in [0.3, 0.4) is 0 Å². The summed E-state index contributed by atoms with van der Waals surface area (Å²) in [6, 6.07) is 49.9. The number of fused-ring (bicyclic) bond motifs is 2. The summed E-state index contributed by atoms with van der Waals surface area (Å²) in [4.78, 5) is 36.4. The molecule has 0 bridgehead atoms. The van der Waals surface area contributed by atoms with E-state index < -0.39 is 0 Å². The molecule has 12 nitrogen and oxygen atoms in total. The lowest BCUT2D eigenvalue weighted by molar-refractivity contribution is 0.849. The van der Waals surface area contributed by atoms with Crippen LogP contribution in [0, 0.1) is 13.8 Å². The van der Waals surface area contributed by atoms with Gasteiger partial charge in [0.05, 0.1) is 33.2 Å². The standard InChI is InChI=1S/C46H32N10O2S/c1-29-47-39-19-11-9-17-37(39)43(57)53(29)35-25-21-31(22-26-35)41-49-51-45(55(41)33-13-5-3-6-14-33)59-46-52-50-42(56(46)34-15-7-4-8-16-34)32-23-27-36(28-24-32)54-30(2)48-40-20-12-10-18-38(40)44(54)58/h3-28H,1-2H3. The first-order valence-corrected chi connectivity index (χ1v) is 19.6. The van der Waals surface area contributed by atoms with Crippen molar-refractivity contribution >= 4 is 33.6 Å². The lowest BCUT2D eigenvalue weighted by Gasteiger charge is -2.14. The molecule has 0 amide bonds. The third-order valence-electron chi connectivity index (χ3n) is 10.1. The van der Waals surface area contributed by atoms with Crippen LogP contribution in [-0.4, -0.2) is 48.6 Å². The van der Waals surface area contributed by atoms with Crippen molar-refractivity contribution in [2.24, 2.45) is 0 Å². The number of para-hydroxylation sites is 4. The maximum atomic E-state index is 13.5. The van der Waals surface area contributed by atoms with Crippen LogP contribution in [0.2, 0.25) is 0 Å². The van der Waals surface area contributed by atoms with Crippen molar-refractivity contribution < 1.29 is 0 Å². The van der Waals surface area contributed by atoms with E-state index in [-0.39, 0.29) is 11.1 Å². The Morgan fingerprint density at radius 2 is 0.746 bits per heavy atom. The molecule has 4 heterocycles. The minimum absolute atomic E-state index is 0.127. The first-order valence-electron chi connectivity index (χ1n) is 18.8. The van der Waals surface area contributed by atoms with Gasteiger partial charge in [0.1, 0.15) is 11.6 Å². The summed E-state index contributed by atoms with van der Waals surface area (Å²) in [5, 5.41) is 21.1. The Labute approximate surface area is 340 Å². The molecule has 0 unspecified atom stereocenters. The molecule has 0 aliphatic heterocycles. The first kappa shape index (κ1) is 35.6. The molecule has 13 heteroatoms. The van der Waals surface area contributed by atoms with E-state index >= 15 is 0 Å². The topological polar surface area (TPSA) is 131 Å². The molecule has 0 saturated heterocycles. The number of benzene rings is 6. The van der Waals surface area contributed by atoms with E-state index in [1.165, 1.54) is 11.8 Å². The molecule has 4 aromatic heterocycles. The fraction of sp³-hybridized carbons (Fsp3) is 0.0435. The quantitative estimate of drug-likeness (QED) is 0.149. The second kappa shape index (κ2) is 14.6. The van der Waals surface area contributed by atoms with E-state index in [9.17, 15) is 9.59 Å². The Kier molecular flexibility index (Phi) is 8.83. The Hall–Kier alpha value is -7.77. The van der Waals surface area contributed by atoms with Crippen molar-refractivity contribution in [1.29, 1.82) is 0 Å². The summed E-state index contributed by atoms with van der Waals surface area (Å²) < 4.78 is 7.23. The molecule has 0 N–H and O–H groups in total. The Bertz CT molecular complexity index is 3080. The first-order chi connectivity index (χ1) is 28.9. The van der Waals surface area contributed by atoms with Gasteiger partial charge in [-0.25, -0.2) is 9.97 Å². The minimum Gasteiger partial charge on any atom is -0.270 e. The predicted molar refractivity (Wildman–Crippen MR) is 229 cm³/mol. The molecular weight excluding hydrogens is 757 g/mol. The van der Waals surface area contributed by atoms with Crippen LogP contribution < -0.4 is 11.1 Å². The van der Waals surface area contributed by atoms with E-state index in [4.69, 9.17) is 20.4 Å². The summed E-state index contributed by atoms with van der Waals surface area (Å²) in [7, 11) is 0. The molecule has 10 aromatic rings. The van der Waals surface area contributed by atoms with Gasteiger partial charge in [-0.1, -0.05) is 60.7 Å². The van der Waals surface area contributed by atoms with Crippen LogP contribution >= 0.6 is 11.8 Å². The smallest absolute Gasteiger partial charge is 0.265 e. The monoisotopic (exact) mass is 788 g/mol. The molecule has 0 radical (unpaired) electrons. The Morgan fingerprint density at radius 3 is 1.15 bits per heavy atom. The third kappa shape index (κ3) is 6.30. The largest absolute Gasteiger partial charge is 0.270 e. The highest BCUT2D eigenvalue weighted by Gasteiger charge is 2.23. The fourth-order valence-electron chi connectivity index (χ4n) is 7.36. The highest BCUT2D eigenvalue weighted by atomic mass is 32.2. The summed E-state index contributed by atoms with van der Waals surface area (Å²) in [5.41, 5.74) is 5.80. The molecule has 10 rings (SSSR count). The van der Waals surface area contributed by atoms with Gasteiger partial charge < -0.3 is 0 Å². The van der Waals surface area contributed by atoms with Crippen LogP contribution in [0.1, 0.15) is 11.6 Å². The second-order valence-corrected chi connectivity index (χ2v) is 14.7. The molecule has 284 valence electrons. The van der Waals surface area contributed by atoms with Crippen molar-refractivity contribution in [2.75, 3.05) is 0 Å². The van der Waals surface area contributed by atoms with Gasteiger partial charge in [-0.3, -0.25) is 27.9 Å². The van der Waals surface area contributed by atoms with E-state index in [0.717, 1.165) is 22.5 Å². The van der Waals surface area contributed by atoms with Crippen molar-refractivity contribution in [1.82, 2.24) is 48.6 Å². The lowest BCUT2D eigenvalue weighted by Crippen LogP contribution is -2.22. The third-order valence-corrected chi connectivity index (χ3v) is 11.0. The van der Waals surface area contributed by atoms with Crippen molar-refractivity contribution in [2.45, 2.75) is 24.2 Å². The van der Waals surface area contributed by atoms with Gasteiger partial charge in [-0.05, 0) is 123 Å². The van der Waals surface area contributed by atoms with E-state index in [0.29, 0.717) is 66.8 Å². The Morgan fingerprint density at radius 1 is 0.390 bits per heavy atom. The fourth-order valence-corrected chi connectivity index (χ4v) is 8.26. The maximum absolute atomic E-state index is 13.5. The Balaban J connectivity index is 1.03. The van der Waals surface area contributed by atoms with Gasteiger partial charge in [0.15, 0.2) is 11.6 Å². The van der Waals surface area contributed by atoms with Crippen molar-refractivity contribution in [3.05, 3.63) is 190 Å². The molecule has 0 saturated carbocycles. The average molecular weight is 789 g/mol. The normalized spacial score (nSPS) is 11.4. The zero-order valence-corrected chi connectivity index (χ0v) is 32.5. The highest BCUT2D eigenvalue weighted by molar-refractivity contribution is 7.99. The van der Waals surface area contributed by atoms with Gasteiger partial charge in [0, 0.05) is 22.5 Å². The van der Waals surface area contributed by atoms with Gasteiger partial charge in [0.25, 0.3) is 11.1 Å². The van der Waals surface area contributed by atoms with Crippen molar-refractivity contribution in [3.63, 3.8) is 0 Å². The average Bonchev–Trinajstić information content (AvgIpc) is 3.89. The van der Waals surface area contributed by atoms with Gasteiger partial charge in [0.2, 0.25) is 10.3 Å². The zero-order chi connectivity index (χ0) is 40.0. The molecular formula is C46H32N10O2S. The maximum Gasteiger partial charge on any atom is 0.265 e. The summed E-state index contributed by atoms with van der Waals surface area (Å²) in [6.45, 7) is 3.66. The number of nitrogens with zero attached hydrogens (tertiary/aromatic N) is 10. The number of hydrogen-bond acceptors (Lipinski definition) is 9. The van der Waals surface area contributed by atoms with E-state index in [1.807, 2.05) is 169 Å². The van der Waals surface area contributed by atoms with Gasteiger partial charge in [-0.2, -0.15) is 0 Å². The van der Waals surface area contributed by atoms with Gasteiger partial charge >= 0.3 is 0 Å². The van der Waals surface area contributed by atoms with E-state index in [1.54, 1.807) is 21.3 Å². The number of aryl methyl sites for hydroxylation is 2. The molecule has 0 aliphatic rings. The van der Waals surface area contributed by atoms with Crippen LogP contribution in [0.5, 0.6) is 0 Å². The lowest BCUT2D eigenvalue weighted by atomic mass is 10.1. The summed E-state index contributed by atoms with van der Waals surface area (Å²) in [6.07, 6.45) is 0. The molecule has 6 aromatic carbocycles. The molecule has 0 atom stereocenters. The second-order valence-electron chi connectivity index (χ2n) is 13.8. The van der Waals surface area contributed by atoms with Crippen LogP contribution in [0.4, 0.5) is 0 Å². The highest BCUT2D eigenvalue weighted by Crippen LogP contribution is 2.35. The van der Waals surface area contributed by atoms with Crippen LogP contribution in [0.15, 0.2) is 178 Å². The van der Waals surface area contributed by atoms with Crippen LogP contribution in [0.25, 0.3) is 67.3 Å². The number of hydrogen-bond donors (Lipinski definition) is 0. The summed E-state index contributed by atoms with van der Waals surface area (Å²) >= 11 is 1.34. The molecule has 0 spiro atoms. The zero-order valence-electron chi connectivity index (χ0n) is 31.7. The van der Waals surface area contributed by atoms with Crippen LogP contribution in [-0.2, 0) is 0 Å². The SMILES string of the molecule is Cc1nc2ccccc2c(=O)n1-c1ccc(-c2nnc(Sc3nnc(-c4ccc(-n5c(C)nc6ccccc6c5=O)cc4)n3-c3ccccc3)n2-c2ccccc2)cc1. The molecule has 0 fully saturated rings. The van der Waals surface area contributed by atoms with Gasteiger partial charge in [-0.15, -0.1) is 20.4 Å². The van der Waals surface area contributed by atoms with E-state index in [2.05, 4.69) is 9.97 Å². The number of rotatable bonds is 8. The molecule has 59 heavy (non-hydrogen) atoms. The van der Waals surface area contributed by atoms with Crippen molar-refractivity contribution in [3.8, 4) is 45.5 Å². The number of aromatic nitrogens is 10. The molecule has 0 aliphatic carbocycles. The minimum atomic E-state index is -0.127. The predicted octanol–water partition coefficient (Wildman–Crippen LogP) is 8.35. The summed E-state index contributed by atoms with van der Waals surface area (Å²) in [5.74, 6) is 2.42.